The first-order valence-corrected chi connectivity index (χ1v) is 9.71. The van der Waals surface area contributed by atoms with Gasteiger partial charge in [-0.2, -0.15) is 5.26 Å². The zero-order valence-corrected chi connectivity index (χ0v) is 16.8. The number of benzene rings is 1. The average molecular weight is 367 g/mol. The summed E-state index contributed by atoms with van der Waals surface area (Å²) in [5.41, 5.74) is 2.79. The number of nitrogens with one attached hydrogen (secondary N) is 1. The fourth-order valence-corrected chi connectivity index (χ4v) is 3.27. The van der Waals surface area contributed by atoms with Gasteiger partial charge < -0.3 is 14.8 Å². The van der Waals surface area contributed by atoms with E-state index in [1.807, 2.05) is 38.1 Å². The first kappa shape index (κ1) is 20.7. The van der Waals surface area contributed by atoms with Gasteiger partial charge in [-0.25, -0.2) is 0 Å². The van der Waals surface area contributed by atoms with Crippen LogP contribution >= 0.6 is 0 Å². The van der Waals surface area contributed by atoms with Gasteiger partial charge in [0.2, 0.25) is 0 Å². The normalized spacial score (nSPS) is 12.0. The Morgan fingerprint density at radius 2 is 2.04 bits per heavy atom. The highest BCUT2D eigenvalue weighted by Gasteiger charge is 2.20. The molecule has 1 atom stereocenters. The number of nitrogens with zero attached hydrogens (tertiary/aromatic N) is 3. The maximum atomic E-state index is 12.9. The van der Waals surface area contributed by atoms with Crippen molar-refractivity contribution in [2.24, 2.45) is 0 Å². The number of rotatable bonds is 9. The molecule has 0 spiro atoms. The zero-order chi connectivity index (χ0) is 19.8. The maximum absolute atomic E-state index is 12.9. The summed E-state index contributed by atoms with van der Waals surface area (Å²) in [7, 11) is 0. The Morgan fingerprint density at radius 3 is 2.67 bits per heavy atom. The SMILES string of the molecule is CCN(CC)CCCC(C)NC(=O)c1c(C#N)ccn1-c1cccc(C)c1. The van der Waals surface area contributed by atoms with Gasteiger partial charge >= 0.3 is 0 Å². The molecule has 1 aromatic carbocycles. The van der Waals surface area contributed by atoms with Crippen LogP contribution in [-0.2, 0) is 0 Å². The highest BCUT2D eigenvalue weighted by Crippen LogP contribution is 2.18. The fraction of sp³-hybridized carbons (Fsp3) is 0.455. The van der Waals surface area contributed by atoms with E-state index in [4.69, 9.17) is 0 Å². The van der Waals surface area contributed by atoms with Gasteiger partial charge in [0.05, 0.1) is 5.56 Å². The molecule has 0 radical (unpaired) electrons. The molecule has 2 aromatic rings. The molecule has 5 nitrogen and oxygen atoms in total. The molecule has 0 saturated heterocycles. The van der Waals surface area contributed by atoms with Gasteiger partial charge in [0.25, 0.3) is 5.91 Å². The van der Waals surface area contributed by atoms with Crippen molar-refractivity contribution in [1.29, 1.82) is 5.26 Å². The Morgan fingerprint density at radius 1 is 1.30 bits per heavy atom. The van der Waals surface area contributed by atoms with Crippen LogP contribution in [-0.4, -0.2) is 41.1 Å². The number of carbonyl (C=O) groups excluding carboxylic acids is 1. The topological polar surface area (TPSA) is 61.1 Å². The second-order valence-corrected chi connectivity index (χ2v) is 6.94. The minimum atomic E-state index is -0.201. The van der Waals surface area contributed by atoms with Crippen LogP contribution in [0.5, 0.6) is 0 Å². The van der Waals surface area contributed by atoms with E-state index in [0.717, 1.165) is 43.7 Å². The number of carbonyl (C=O) groups is 1. The van der Waals surface area contributed by atoms with Crippen molar-refractivity contribution < 1.29 is 4.79 Å². The van der Waals surface area contributed by atoms with Crippen LogP contribution < -0.4 is 5.32 Å². The monoisotopic (exact) mass is 366 g/mol. The van der Waals surface area contributed by atoms with E-state index in [9.17, 15) is 10.1 Å². The molecular weight excluding hydrogens is 336 g/mol. The number of aryl methyl sites for hydroxylation is 1. The summed E-state index contributed by atoms with van der Waals surface area (Å²) in [6.45, 7) is 11.5. The summed E-state index contributed by atoms with van der Waals surface area (Å²) in [5.74, 6) is -0.201. The molecule has 1 heterocycles. The summed E-state index contributed by atoms with van der Waals surface area (Å²) in [6.07, 6.45) is 3.73. The highest BCUT2D eigenvalue weighted by atomic mass is 16.2. The Balaban J connectivity index is 2.09. The molecule has 1 N–H and O–H groups in total. The van der Waals surface area contributed by atoms with Crippen molar-refractivity contribution in [3.63, 3.8) is 0 Å². The molecule has 1 aromatic heterocycles. The minimum absolute atomic E-state index is 0.0560. The maximum Gasteiger partial charge on any atom is 0.269 e. The summed E-state index contributed by atoms with van der Waals surface area (Å²) in [4.78, 5) is 15.3. The minimum Gasteiger partial charge on any atom is -0.348 e. The van der Waals surface area contributed by atoms with Crippen LogP contribution in [0.25, 0.3) is 5.69 Å². The smallest absolute Gasteiger partial charge is 0.269 e. The lowest BCUT2D eigenvalue weighted by molar-refractivity contribution is 0.0930. The van der Waals surface area contributed by atoms with Crippen molar-refractivity contribution in [3.8, 4) is 11.8 Å². The van der Waals surface area contributed by atoms with Gasteiger partial charge in [0, 0.05) is 17.9 Å². The zero-order valence-electron chi connectivity index (χ0n) is 16.8. The van der Waals surface area contributed by atoms with E-state index in [-0.39, 0.29) is 11.9 Å². The number of nitriles is 1. The largest absolute Gasteiger partial charge is 0.348 e. The van der Waals surface area contributed by atoms with Crippen LogP contribution in [0.3, 0.4) is 0 Å². The highest BCUT2D eigenvalue weighted by molar-refractivity contribution is 5.96. The molecule has 1 unspecified atom stereocenters. The molecule has 2 rings (SSSR count). The van der Waals surface area contributed by atoms with Gasteiger partial charge in [-0.05, 0) is 70.1 Å². The second-order valence-electron chi connectivity index (χ2n) is 6.94. The molecule has 0 fully saturated rings. The standard InChI is InChI=1S/C22H30N4O/c1-5-25(6-2)13-8-10-18(4)24-22(27)21-19(16-23)12-14-26(21)20-11-7-9-17(3)15-20/h7,9,11-12,14-15,18H,5-6,8,10,13H2,1-4H3,(H,24,27). The number of amides is 1. The molecule has 0 saturated carbocycles. The van der Waals surface area contributed by atoms with Gasteiger partial charge in [-0.3, -0.25) is 4.79 Å². The Labute approximate surface area is 162 Å². The van der Waals surface area contributed by atoms with Crippen molar-refractivity contribution in [3.05, 3.63) is 53.3 Å². The van der Waals surface area contributed by atoms with Crippen LogP contribution in [0.4, 0.5) is 0 Å². The summed E-state index contributed by atoms with van der Waals surface area (Å²) in [6, 6.07) is 11.8. The Kier molecular flexibility index (Phi) is 7.63. The Bertz CT molecular complexity index is 799. The van der Waals surface area contributed by atoms with Crippen LogP contribution in [0.1, 0.15) is 55.2 Å². The van der Waals surface area contributed by atoms with Gasteiger partial charge in [0.1, 0.15) is 11.8 Å². The Hall–Kier alpha value is -2.58. The number of hydrogen-bond acceptors (Lipinski definition) is 3. The molecular formula is C22H30N4O. The van der Waals surface area contributed by atoms with Crippen molar-refractivity contribution in [2.45, 2.75) is 46.6 Å². The van der Waals surface area contributed by atoms with Gasteiger partial charge in [0.15, 0.2) is 0 Å². The van der Waals surface area contributed by atoms with E-state index < -0.39 is 0 Å². The quantitative estimate of drug-likeness (QED) is 0.732. The lowest BCUT2D eigenvalue weighted by atomic mass is 10.1. The van der Waals surface area contributed by atoms with E-state index in [0.29, 0.717) is 11.3 Å². The van der Waals surface area contributed by atoms with E-state index in [2.05, 4.69) is 30.1 Å². The molecule has 27 heavy (non-hydrogen) atoms. The third kappa shape index (κ3) is 5.45. The van der Waals surface area contributed by atoms with E-state index in [1.165, 1.54) is 0 Å². The predicted octanol–water partition coefficient (Wildman–Crippen LogP) is 3.90. The van der Waals surface area contributed by atoms with Crippen LogP contribution in [0.15, 0.2) is 36.5 Å². The number of aromatic nitrogens is 1. The van der Waals surface area contributed by atoms with Gasteiger partial charge in [-0.15, -0.1) is 0 Å². The molecule has 144 valence electrons. The fourth-order valence-electron chi connectivity index (χ4n) is 3.27. The van der Waals surface area contributed by atoms with Crippen molar-refractivity contribution >= 4 is 5.91 Å². The third-order valence-electron chi connectivity index (χ3n) is 4.89. The second kappa shape index (κ2) is 9.94. The molecule has 0 bridgehead atoms. The molecule has 0 aliphatic heterocycles. The summed E-state index contributed by atoms with van der Waals surface area (Å²) >= 11 is 0. The van der Waals surface area contributed by atoms with Crippen LogP contribution in [0, 0.1) is 18.3 Å². The van der Waals surface area contributed by atoms with Crippen LogP contribution in [0.2, 0.25) is 0 Å². The first-order chi connectivity index (χ1) is 13.0. The average Bonchev–Trinajstić information content (AvgIpc) is 3.09. The lowest BCUT2D eigenvalue weighted by Gasteiger charge is -2.20. The van der Waals surface area contributed by atoms with E-state index in [1.54, 1.807) is 16.8 Å². The van der Waals surface area contributed by atoms with Gasteiger partial charge in [-0.1, -0.05) is 26.0 Å². The van der Waals surface area contributed by atoms with Crippen molar-refractivity contribution in [1.82, 2.24) is 14.8 Å². The predicted molar refractivity (Wildman–Crippen MR) is 109 cm³/mol. The number of hydrogen-bond donors (Lipinski definition) is 1. The lowest BCUT2D eigenvalue weighted by Crippen LogP contribution is -2.35. The molecule has 5 heteroatoms. The summed E-state index contributed by atoms with van der Waals surface area (Å²) < 4.78 is 1.80. The molecule has 0 aliphatic carbocycles. The molecule has 1 amide bonds. The van der Waals surface area contributed by atoms with Crippen molar-refractivity contribution in [2.75, 3.05) is 19.6 Å². The van der Waals surface area contributed by atoms with E-state index >= 15 is 0 Å². The third-order valence-corrected chi connectivity index (χ3v) is 4.89. The first-order valence-electron chi connectivity index (χ1n) is 9.71. The molecule has 0 aliphatic rings. The summed E-state index contributed by atoms with van der Waals surface area (Å²) in [5, 5.41) is 12.5.